The Kier molecular flexibility index (Phi) is 11.4. The minimum atomic E-state index is -0.949. The summed E-state index contributed by atoms with van der Waals surface area (Å²) in [6.07, 6.45) is 5.28. The minimum Gasteiger partial charge on any atom is -0.340 e. The van der Waals surface area contributed by atoms with Crippen LogP contribution in [-0.2, 0) is 4.79 Å². The van der Waals surface area contributed by atoms with Crippen molar-refractivity contribution in [1.82, 2.24) is 10.6 Å². The van der Waals surface area contributed by atoms with Gasteiger partial charge in [-0.25, -0.2) is 0 Å². The van der Waals surface area contributed by atoms with Crippen LogP contribution >= 0.6 is 62.3 Å². The zero-order valence-electron chi connectivity index (χ0n) is 18.9. The van der Waals surface area contributed by atoms with Crippen molar-refractivity contribution in [2.24, 2.45) is 0 Å². The highest BCUT2D eigenvalue weighted by Gasteiger charge is 2.28. The number of amides is 2. The lowest BCUT2D eigenvalue weighted by molar-refractivity contribution is -0.121. The van der Waals surface area contributed by atoms with Gasteiger partial charge in [0.05, 0.1) is 16.4 Å². The first-order chi connectivity index (χ1) is 15.6. The molecule has 0 unspecified atom stereocenters. The lowest BCUT2D eigenvalue weighted by atomic mass is 10.00. The van der Waals surface area contributed by atoms with Crippen LogP contribution in [0.3, 0.4) is 0 Å². The summed E-state index contributed by atoms with van der Waals surface area (Å²) in [5.41, 5.74) is -0.940. The Morgan fingerprint density at radius 3 is 1.47 bits per heavy atom. The number of rotatable bonds is 6. The molecule has 2 amide bonds. The van der Waals surface area contributed by atoms with E-state index in [1.54, 1.807) is 33.8 Å². The van der Waals surface area contributed by atoms with Crippen LogP contribution in [0, 0.1) is 12.3 Å². The van der Waals surface area contributed by atoms with Crippen LogP contribution in [0.4, 0.5) is 0 Å². The number of alkyl halides is 1. The fourth-order valence-corrected chi connectivity index (χ4v) is 4.11. The molecular weight excluding hydrogens is 586 g/mol. The molecule has 0 aliphatic carbocycles. The number of benzene rings is 2. The molecule has 5 nitrogen and oxygen atoms in total. The van der Waals surface area contributed by atoms with Gasteiger partial charge in [-0.3, -0.25) is 14.4 Å². The van der Waals surface area contributed by atoms with E-state index in [-0.39, 0.29) is 17.0 Å². The zero-order chi connectivity index (χ0) is 26.3. The molecule has 34 heavy (non-hydrogen) atoms. The van der Waals surface area contributed by atoms with Gasteiger partial charge in [0, 0.05) is 31.2 Å². The minimum absolute atomic E-state index is 0.121. The van der Waals surface area contributed by atoms with Crippen LogP contribution in [0.1, 0.15) is 48.4 Å². The fraction of sp³-hybridized carbons (Fsp3) is 0.292. The van der Waals surface area contributed by atoms with Gasteiger partial charge in [-0.15, -0.1) is 6.42 Å². The molecule has 2 aromatic rings. The predicted octanol–water partition coefficient (Wildman–Crippen LogP) is 6.60. The first kappa shape index (κ1) is 30.3. The highest BCUT2D eigenvalue weighted by atomic mass is 79.9. The third kappa shape index (κ3) is 9.85. The van der Waals surface area contributed by atoms with E-state index in [1.165, 1.54) is 30.3 Å². The number of hydrogen-bond donors (Lipinski definition) is 2. The first-order valence-corrected chi connectivity index (χ1v) is 12.4. The maximum absolute atomic E-state index is 12.0. The lowest BCUT2D eigenvalue weighted by Gasteiger charge is -2.24. The Balaban J connectivity index is 0.000000342. The maximum Gasteiger partial charge on any atom is 0.252 e. The molecule has 0 radical (unpaired) electrons. The average molecular weight is 609 g/mol. The summed E-state index contributed by atoms with van der Waals surface area (Å²) < 4.78 is 0. The SMILES string of the molecule is C#CC(C)(C)NC(=O)c1cc(Cl)cc(Cl)c1.CC(C)(NC(=O)c1cc(Cl)cc(Cl)c1)C(=O)CBr. The van der Waals surface area contributed by atoms with E-state index in [1.807, 2.05) is 0 Å². The Morgan fingerprint density at radius 1 is 0.794 bits per heavy atom. The van der Waals surface area contributed by atoms with Gasteiger partial charge in [0.1, 0.15) is 0 Å². The number of hydrogen-bond acceptors (Lipinski definition) is 3. The van der Waals surface area contributed by atoms with E-state index in [9.17, 15) is 14.4 Å². The Bertz CT molecular complexity index is 1090. The van der Waals surface area contributed by atoms with Crippen molar-refractivity contribution in [2.45, 2.75) is 38.8 Å². The molecule has 0 saturated heterocycles. The molecule has 0 saturated carbocycles. The van der Waals surface area contributed by atoms with E-state index in [4.69, 9.17) is 52.8 Å². The molecule has 2 N–H and O–H groups in total. The Hall–Kier alpha value is -1.75. The van der Waals surface area contributed by atoms with Crippen LogP contribution < -0.4 is 10.6 Å². The quantitative estimate of drug-likeness (QED) is 0.287. The van der Waals surface area contributed by atoms with Gasteiger partial charge in [0.15, 0.2) is 5.78 Å². The second-order valence-electron chi connectivity index (χ2n) is 8.18. The number of carbonyl (C=O) groups is 3. The predicted molar refractivity (Wildman–Crippen MR) is 144 cm³/mol. The standard InChI is InChI=1S/C12H12BrCl2NO2.C12H11Cl2NO/c1-12(2,10(17)6-13)16-11(18)7-3-8(14)5-9(15)4-7;1-4-12(2,3)15-11(16)8-5-9(13)7-10(14)6-8/h3-5H,6H2,1-2H3,(H,16,18);1,5-7H,2-3H3,(H,15,16). The van der Waals surface area contributed by atoms with E-state index in [0.29, 0.717) is 31.2 Å². The second-order valence-corrected chi connectivity index (χ2v) is 10.5. The van der Waals surface area contributed by atoms with Gasteiger partial charge in [-0.05, 0) is 64.1 Å². The van der Waals surface area contributed by atoms with E-state index < -0.39 is 17.0 Å². The molecule has 0 aliphatic rings. The summed E-state index contributed by atoms with van der Waals surface area (Å²) >= 11 is 26.3. The number of nitrogens with one attached hydrogen (secondary N) is 2. The van der Waals surface area contributed by atoms with Gasteiger partial charge >= 0.3 is 0 Å². The van der Waals surface area contributed by atoms with Crippen molar-refractivity contribution in [2.75, 3.05) is 5.33 Å². The molecule has 0 aromatic heterocycles. The van der Waals surface area contributed by atoms with Gasteiger partial charge in [0.2, 0.25) is 0 Å². The summed E-state index contributed by atoms with van der Waals surface area (Å²) in [5, 5.41) is 7.07. The highest BCUT2D eigenvalue weighted by Crippen LogP contribution is 2.20. The van der Waals surface area contributed by atoms with Crippen molar-refractivity contribution in [1.29, 1.82) is 0 Å². The fourth-order valence-electron chi connectivity index (χ4n) is 2.35. The zero-order valence-corrected chi connectivity index (χ0v) is 23.5. The molecule has 0 atom stereocenters. The normalized spacial score (nSPS) is 10.9. The number of halogens is 5. The van der Waals surface area contributed by atoms with E-state index in [2.05, 4.69) is 32.5 Å². The van der Waals surface area contributed by atoms with Crippen LogP contribution in [-0.4, -0.2) is 34.0 Å². The molecule has 2 aromatic carbocycles. The molecule has 10 heteroatoms. The van der Waals surface area contributed by atoms with Crippen molar-refractivity contribution in [3.05, 3.63) is 67.6 Å². The second kappa shape index (κ2) is 12.8. The largest absolute Gasteiger partial charge is 0.340 e. The molecule has 0 bridgehead atoms. The molecule has 2 rings (SSSR count). The maximum atomic E-state index is 12.0. The average Bonchev–Trinajstić information content (AvgIpc) is 2.71. The first-order valence-electron chi connectivity index (χ1n) is 9.74. The van der Waals surface area contributed by atoms with Gasteiger partial charge < -0.3 is 10.6 Å². The topological polar surface area (TPSA) is 75.3 Å². The number of ketones is 1. The number of terminal acetylenes is 1. The van der Waals surface area contributed by atoms with Gasteiger partial charge in [-0.2, -0.15) is 0 Å². The lowest BCUT2D eigenvalue weighted by Crippen LogP contribution is -2.50. The van der Waals surface area contributed by atoms with Gasteiger partial charge in [-0.1, -0.05) is 68.3 Å². The third-order valence-corrected chi connectivity index (χ3v) is 5.66. The van der Waals surface area contributed by atoms with Crippen LogP contribution in [0.5, 0.6) is 0 Å². The van der Waals surface area contributed by atoms with Crippen LogP contribution in [0.2, 0.25) is 20.1 Å². The van der Waals surface area contributed by atoms with Crippen molar-refractivity contribution < 1.29 is 14.4 Å². The Labute approximate surface area is 228 Å². The smallest absolute Gasteiger partial charge is 0.252 e. The molecule has 0 aliphatic heterocycles. The monoisotopic (exact) mass is 606 g/mol. The van der Waals surface area contributed by atoms with Crippen LogP contribution in [0.15, 0.2) is 36.4 Å². The van der Waals surface area contributed by atoms with Crippen molar-refractivity contribution in [3.8, 4) is 12.3 Å². The van der Waals surface area contributed by atoms with Crippen molar-refractivity contribution in [3.63, 3.8) is 0 Å². The summed E-state index contributed by atoms with van der Waals surface area (Å²) in [6.45, 7) is 6.75. The van der Waals surface area contributed by atoms with Crippen molar-refractivity contribution >= 4 is 79.9 Å². The van der Waals surface area contributed by atoms with E-state index in [0.717, 1.165) is 0 Å². The molecular formula is C24H23BrCl4N2O3. The highest BCUT2D eigenvalue weighted by molar-refractivity contribution is 9.09. The summed E-state index contributed by atoms with van der Waals surface area (Å²) in [5.74, 6) is 1.66. The Morgan fingerprint density at radius 2 is 1.15 bits per heavy atom. The molecule has 0 fully saturated rings. The summed E-state index contributed by atoms with van der Waals surface area (Å²) in [4.78, 5) is 35.4. The third-order valence-electron chi connectivity index (χ3n) is 4.28. The molecule has 0 spiro atoms. The van der Waals surface area contributed by atoms with Crippen LogP contribution in [0.25, 0.3) is 0 Å². The number of carbonyl (C=O) groups excluding carboxylic acids is 3. The molecule has 0 heterocycles. The number of Topliss-reactive ketones (excluding diaryl/α,β-unsaturated/α-hetero) is 1. The van der Waals surface area contributed by atoms with Gasteiger partial charge in [0.25, 0.3) is 11.8 Å². The summed E-state index contributed by atoms with van der Waals surface area (Å²) in [6, 6.07) is 9.17. The van der Waals surface area contributed by atoms with E-state index >= 15 is 0 Å². The molecule has 182 valence electrons. The summed E-state index contributed by atoms with van der Waals surface area (Å²) in [7, 11) is 0.